The normalized spacial score (nSPS) is 10.3. The average Bonchev–Trinajstić information content (AvgIpc) is 2.54. The maximum Gasteiger partial charge on any atom is 0.336 e. The Hall–Kier alpha value is -2.33. The predicted molar refractivity (Wildman–Crippen MR) is 91.7 cm³/mol. The first-order chi connectivity index (χ1) is 11.0. The van der Waals surface area contributed by atoms with Crippen LogP contribution in [-0.2, 0) is 0 Å². The largest absolute Gasteiger partial charge is 0.478 e. The molecule has 0 aromatic heterocycles. The second-order valence-electron chi connectivity index (χ2n) is 5.15. The molecule has 0 amide bonds. The number of hydrogen-bond donors (Lipinski definition) is 2. The number of benzene rings is 2. The lowest BCUT2D eigenvalue weighted by molar-refractivity contribution is 0.0693. The van der Waals surface area contributed by atoms with Crippen molar-refractivity contribution >= 4 is 29.0 Å². The van der Waals surface area contributed by atoms with Gasteiger partial charge in [-0.05, 0) is 30.7 Å². The molecule has 0 spiro atoms. The Morgan fingerprint density at radius 1 is 1.09 bits per heavy atom. The van der Waals surface area contributed by atoms with E-state index >= 15 is 0 Å². The maximum absolute atomic E-state index is 12.8. The van der Waals surface area contributed by atoms with Crippen LogP contribution >= 0.6 is 11.6 Å². The molecule has 2 aromatic rings. The molecule has 0 saturated heterocycles. The third kappa shape index (κ3) is 4.11. The lowest BCUT2D eigenvalue weighted by atomic mass is 9.97. The third-order valence-electron chi connectivity index (χ3n) is 3.47. The van der Waals surface area contributed by atoms with Crippen LogP contribution in [0, 0.1) is 0 Å². The Kier molecular flexibility index (Phi) is 5.77. The lowest BCUT2D eigenvalue weighted by Crippen LogP contribution is -2.12. The van der Waals surface area contributed by atoms with Gasteiger partial charge in [-0.2, -0.15) is 0 Å². The standard InChI is InChI=1S/C18H18ClNO3/c1-2-3-10-20-16-11-12(19)8-9-15(16)17(21)13-6-4-5-7-14(13)18(22)23/h4-9,11,20H,2-3,10H2,1H3,(H,22,23). The molecule has 0 unspecified atom stereocenters. The SMILES string of the molecule is CCCCNc1cc(Cl)ccc1C(=O)c1ccccc1C(=O)O. The van der Waals surface area contributed by atoms with E-state index in [1.54, 1.807) is 30.3 Å². The first kappa shape index (κ1) is 17.0. The molecule has 2 rings (SSSR count). The number of carbonyl (C=O) groups is 2. The predicted octanol–water partition coefficient (Wildman–Crippen LogP) is 4.48. The molecule has 0 aliphatic carbocycles. The summed E-state index contributed by atoms with van der Waals surface area (Å²) in [6.07, 6.45) is 1.99. The number of unbranched alkanes of at least 4 members (excludes halogenated alkanes) is 1. The summed E-state index contributed by atoms with van der Waals surface area (Å²) in [5.74, 6) is -1.46. The lowest BCUT2D eigenvalue weighted by Gasteiger charge is -2.13. The van der Waals surface area contributed by atoms with Gasteiger partial charge in [-0.1, -0.05) is 43.1 Å². The van der Waals surface area contributed by atoms with Gasteiger partial charge >= 0.3 is 5.97 Å². The topological polar surface area (TPSA) is 66.4 Å². The average molecular weight is 332 g/mol. The summed E-state index contributed by atoms with van der Waals surface area (Å²) >= 11 is 6.02. The minimum absolute atomic E-state index is 0.00745. The second kappa shape index (κ2) is 7.79. The minimum Gasteiger partial charge on any atom is -0.478 e. The molecule has 2 aromatic carbocycles. The highest BCUT2D eigenvalue weighted by Gasteiger charge is 2.20. The summed E-state index contributed by atoms with van der Waals surface area (Å²) in [5.41, 5.74) is 1.20. The van der Waals surface area contributed by atoms with Crippen molar-refractivity contribution < 1.29 is 14.7 Å². The van der Waals surface area contributed by atoms with Crippen molar-refractivity contribution in [3.8, 4) is 0 Å². The van der Waals surface area contributed by atoms with Gasteiger partial charge in [-0.25, -0.2) is 4.79 Å². The van der Waals surface area contributed by atoms with Gasteiger partial charge in [0.05, 0.1) is 5.56 Å². The van der Waals surface area contributed by atoms with E-state index in [2.05, 4.69) is 12.2 Å². The highest BCUT2D eigenvalue weighted by Crippen LogP contribution is 2.25. The van der Waals surface area contributed by atoms with Crippen molar-refractivity contribution in [2.45, 2.75) is 19.8 Å². The smallest absolute Gasteiger partial charge is 0.336 e. The number of aromatic carboxylic acids is 1. The quantitative estimate of drug-likeness (QED) is 0.580. The van der Waals surface area contributed by atoms with E-state index in [-0.39, 0.29) is 16.9 Å². The molecule has 0 saturated carbocycles. The number of carbonyl (C=O) groups excluding carboxylic acids is 1. The van der Waals surface area contributed by atoms with E-state index in [1.165, 1.54) is 12.1 Å². The zero-order valence-corrected chi connectivity index (χ0v) is 13.6. The molecule has 0 atom stereocenters. The maximum atomic E-state index is 12.8. The van der Waals surface area contributed by atoms with Gasteiger partial charge in [-0.3, -0.25) is 4.79 Å². The number of anilines is 1. The van der Waals surface area contributed by atoms with Crippen LogP contribution in [-0.4, -0.2) is 23.4 Å². The molecule has 120 valence electrons. The summed E-state index contributed by atoms with van der Waals surface area (Å²) in [7, 11) is 0. The van der Waals surface area contributed by atoms with E-state index in [0.717, 1.165) is 19.4 Å². The zero-order valence-electron chi connectivity index (χ0n) is 12.8. The van der Waals surface area contributed by atoms with Crippen molar-refractivity contribution in [3.63, 3.8) is 0 Å². The third-order valence-corrected chi connectivity index (χ3v) is 3.71. The van der Waals surface area contributed by atoms with Crippen LogP contribution in [0.2, 0.25) is 5.02 Å². The molecule has 0 bridgehead atoms. The fourth-order valence-electron chi connectivity index (χ4n) is 2.27. The molecular weight excluding hydrogens is 314 g/mol. The summed E-state index contributed by atoms with van der Waals surface area (Å²) in [4.78, 5) is 24.1. The molecule has 0 radical (unpaired) electrons. The summed E-state index contributed by atoms with van der Waals surface area (Å²) in [5, 5.41) is 13.0. The molecule has 23 heavy (non-hydrogen) atoms. The monoisotopic (exact) mass is 331 g/mol. The molecular formula is C18H18ClNO3. The molecule has 0 aliphatic heterocycles. The van der Waals surface area contributed by atoms with Crippen LogP contribution < -0.4 is 5.32 Å². The van der Waals surface area contributed by atoms with E-state index in [0.29, 0.717) is 16.3 Å². The highest BCUT2D eigenvalue weighted by molar-refractivity contribution is 6.31. The number of hydrogen-bond acceptors (Lipinski definition) is 3. The Balaban J connectivity index is 2.41. The van der Waals surface area contributed by atoms with Crippen LogP contribution in [0.15, 0.2) is 42.5 Å². The molecule has 0 aliphatic rings. The van der Waals surface area contributed by atoms with E-state index in [1.807, 2.05) is 0 Å². The van der Waals surface area contributed by atoms with Crippen molar-refractivity contribution in [3.05, 3.63) is 64.2 Å². The number of nitrogens with one attached hydrogen (secondary N) is 1. The Morgan fingerprint density at radius 3 is 2.43 bits per heavy atom. The summed E-state index contributed by atoms with van der Waals surface area (Å²) in [6, 6.07) is 11.1. The Morgan fingerprint density at radius 2 is 1.78 bits per heavy atom. The first-order valence-corrected chi connectivity index (χ1v) is 7.82. The van der Waals surface area contributed by atoms with Crippen LogP contribution in [0.5, 0.6) is 0 Å². The Labute approximate surface area is 140 Å². The number of halogens is 1. The van der Waals surface area contributed by atoms with Crippen LogP contribution in [0.4, 0.5) is 5.69 Å². The summed E-state index contributed by atoms with van der Waals surface area (Å²) < 4.78 is 0. The van der Waals surface area contributed by atoms with Gasteiger partial charge < -0.3 is 10.4 Å². The van der Waals surface area contributed by atoms with E-state index < -0.39 is 5.97 Å². The van der Waals surface area contributed by atoms with Crippen LogP contribution in [0.25, 0.3) is 0 Å². The Bertz CT molecular complexity index is 728. The number of rotatable bonds is 7. The molecule has 2 N–H and O–H groups in total. The zero-order chi connectivity index (χ0) is 16.8. The fourth-order valence-corrected chi connectivity index (χ4v) is 2.45. The summed E-state index contributed by atoms with van der Waals surface area (Å²) in [6.45, 7) is 2.80. The highest BCUT2D eigenvalue weighted by atomic mass is 35.5. The molecule has 5 heteroatoms. The van der Waals surface area contributed by atoms with E-state index in [9.17, 15) is 14.7 Å². The second-order valence-corrected chi connectivity index (χ2v) is 5.59. The van der Waals surface area contributed by atoms with Crippen molar-refractivity contribution in [1.29, 1.82) is 0 Å². The molecule has 0 fully saturated rings. The first-order valence-electron chi connectivity index (χ1n) is 7.45. The van der Waals surface area contributed by atoms with Gasteiger partial charge in [0.15, 0.2) is 5.78 Å². The van der Waals surface area contributed by atoms with Gasteiger partial charge in [0.25, 0.3) is 0 Å². The number of ketones is 1. The van der Waals surface area contributed by atoms with Crippen molar-refractivity contribution in [2.75, 3.05) is 11.9 Å². The fraction of sp³-hybridized carbons (Fsp3) is 0.222. The number of carboxylic acids is 1. The van der Waals surface area contributed by atoms with Crippen molar-refractivity contribution in [1.82, 2.24) is 0 Å². The van der Waals surface area contributed by atoms with Gasteiger partial charge in [0, 0.05) is 28.4 Å². The van der Waals surface area contributed by atoms with Crippen LogP contribution in [0.1, 0.15) is 46.0 Å². The van der Waals surface area contributed by atoms with E-state index in [4.69, 9.17) is 11.6 Å². The van der Waals surface area contributed by atoms with Gasteiger partial charge in [0.2, 0.25) is 0 Å². The minimum atomic E-state index is -1.12. The van der Waals surface area contributed by atoms with Crippen LogP contribution in [0.3, 0.4) is 0 Å². The van der Waals surface area contributed by atoms with Gasteiger partial charge in [-0.15, -0.1) is 0 Å². The number of carboxylic acid groups (broad SMARTS) is 1. The molecule has 4 nitrogen and oxygen atoms in total. The van der Waals surface area contributed by atoms with Gasteiger partial charge in [0.1, 0.15) is 0 Å². The van der Waals surface area contributed by atoms with Crippen molar-refractivity contribution in [2.24, 2.45) is 0 Å². The molecule has 0 heterocycles.